The zero-order chi connectivity index (χ0) is 13.7. The van der Waals surface area contributed by atoms with Gasteiger partial charge >= 0.3 is 0 Å². The topological polar surface area (TPSA) is 45.6 Å². The number of piperidine rings is 1. The molecule has 1 aromatic heterocycles. The first-order chi connectivity index (χ1) is 9.20. The molecule has 0 amide bonds. The van der Waals surface area contributed by atoms with Gasteiger partial charge in [-0.05, 0) is 43.9 Å². The van der Waals surface area contributed by atoms with Crippen LogP contribution in [0.15, 0.2) is 18.3 Å². The molecule has 0 radical (unpaired) electrons. The predicted octanol–water partition coefficient (Wildman–Crippen LogP) is 2.53. The maximum atomic E-state index is 9.64. The summed E-state index contributed by atoms with van der Waals surface area (Å²) in [6, 6.07) is 3.84. The van der Waals surface area contributed by atoms with Crippen LogP contribution in [-0.4, -0.2) is 35.9 Å². The Morgan fingerprint density at radius 3 is 3.16 bits per heavy atom. The Balaban J connectivity index is 2.02. The molecule has 2 atom stereocenters. The largest absolute Gasteiger partial charge is 0.389 e. The van der Waals surface area contributed by atoms with E-state index in [9.17, 15) is 5.11 Å². The highest BCUT2D eigenvalue weighted by Crippen LogP contribution is 2.22. The third-order valence-corrected chi connectivity index (χ3v) is 3.51. The molecule has 1 aliphatic rings. The smallest absolute Gasteiger partial charge is 0.128 e. The summed E-state index contributed by atoms with van der Waals surface area (Å²) < 4.78 is 5.84. The van der Waals surface area contributed by atoms with Gasteiger partial charge in [0.05, 0.1) is 12.2 Å². The lowest BCUT2D eigenvalue weighted by Crippen LogP contribution is -2.40. The molecule has 0 aromatic carbocycles. The first kappa shape index (κ1) is 14.3. The van der Waals surface area contributed by atoms with E-state index >= 15 is 0 Å². The summed E-state index contributed by atoms with van der Waals surface area (Å²) in [5.74, 6) is 0.947. The molecular formula is C15H24N2O2. The number of aliphatic hydroxyl groups is 1. The lowest BCUT2D eigenvalue weighted by atomic mass is 10.1. The number of pyridine rings is 1. The van der Waals surface area contributed by atoms with E-state index in [1.54, 1.807) is 13.1 Å². The number of aromatic nitrogens is 1. The van der Waals surface area contributed by atoms with Crippen LogP contribution in [0.5, 0.6) is 0 Å². The first-order valence-corrected chi connectivity index (χ1v) is 7.21. The molecule has 4 nitrogen and oxygen atoms in total. The number of nitrogens with zero attached hydrogens (tertiary/aromatic N) is 2. The van der Waals surface area contributed by atoms with Gasteiger partial charge in [-0.3, -0.25) is 0 Å². The molecule has 2 heterocycles. The average Bonchev–Trinajstić information content (AvgIpc) is 2.45. The zero-order valence-electron chi connectivity index (χ0n) is 11.9. The summed E-state index contributed by atoms with van der Waals surface area (Å²) in [6.07, 6.45) is 4.96. The number of hydrogen-bond acceptors (Lipinski definition) is 4. The summed E-state index contributed by atoms with van der Waals surface area (Å²) in [5.41, 5.74) is 0.918. The molecule has 1 aromatic rings. The van der Waals surface area contributed by atoms with E-state index in [1.165, 1.54) is 0 Å². The molecule has 0 spiro atoms. The first-order valence-electron chi connectivity index (χ1n) is 7.21. The summed E-state index contributed by atoms with van der Waals surface area (Å²) in [6.45, 7) is 6.66. The SMILES string of the molecule is CCCOC1CCCN(c2cc(C(C)O)ccn2)C1. The van der Waals surface area contributed by atoms with Crippen molar-refractivity contribution < 1.29 is 9.84 Å². The van der Waals surface area contributed by atoms with Crippen LogP contribution in [0.25, 0.3) is 0 Å². The van der Waals surface area contributed by atoms with Crippen LogP contribution in [-0.2, 0) is 4.74 Å². The summed E-state index contributed by atoms with van der Waals surface area (Å²) in [4.78, 5) is 6.68. The van der Waals surface area contributed by atoms with Crippen LogP contribution in [0.4, 0.5) is 5.82 Å². The van der Waals surface area contributed by atoms with Crippen molar-refractivity contribution in [2.45, 2.75) is 45.3 Å². The highest BCUT2D eigenvalue weighted by molar-refractivity contribution is 5.42. The van der Waals surface area contributed by atoms with Crippen molar-refractivity contribution in [1.29, 1.82) is 0 Å². The minimum Gasteiger partial charge on any atom is -0.389 e. The van der Waals surface area contributed by atoms with Crippen LogP contribution in [0.3, 0.4) is 0 Å². The summed E-state index contributed by atoms with van der Waals surface area (Å²) >= 11 is 0. The summed E-state index contributed by atoms with van der Waals surface area (Å²) in [5, 5.41) is 9.64. The molecule has 0 saturated carbocycles. The molecule has 2 rings (SSSR count). The van der Waals surface area contributed by atoms with E-state index in [-0.39, 0.29) is 0 Å². The predicted molar refractivity (Wildman–Crippen MR) is 76.3 cm³/mol. The van der Waals surface area contributed by atoms with Gasteiger partial charge in [0.15, 0.2) is 0 Å². The molecule has 106 valence electrons. The number of anilines is 1. The third-order valence-electron chi connectivity index (χ3n) is 3.51. The molecule has 1 saturated heterocycles. The van der Waals surface area contributed by atoms with Gasteiger partial charge in [-0.2, -0.15) is 0 Å². The van der Waals surface area contributed by atoms with Gasteiger partial charge in [0.2, 0.25) is 0 Å². The van der Waals surface area contributed by atoms with E-state index in [2.05, 4.69) is 16.8 Å². The quantitative estimate of drug-likeness (QED) is 0.887. The van der Waals surface area contributed by atoms with Crippen LogP contribution < -0.4 is 4.90 Å². The van der Waals surface area contributed by atoms with Crippen LogP contribution in [0.1, 0.15) is 44.8 Å². The van der Waals surface area contributed by atoms with Gasteiger partial charge in [0.25, 0.3) is 0 Å². The normalized spacial score (nSPS) is 21.4. The Kier molecular flexibility index (Phi) is 5.16. The van der Waals surface area contributed by atoms with Gasteiger partial charge < -0.3 is 14.7 Å². The second kappa shape index (κ2) is 6.87. The maximum Gasteiger partial charge on any atom is 0.128 e. The van der Waals surface area contributed by atoms with Crippen LogP contribution >= 0.6 is 0 Å². The zero-order valence-corrected chi connectivity index (χ0v) is 11.9. The van der Waals surface area contributed by atoms with Gasteiger partial charge in [-0.25, -0.2) is 4.98 Å². The molecule has 0 bridgehead atoms. The van der Waals surface area contributed by atoms with Gasteiger partial charge in [-0.15, -0.1) is 0 Å². The average molecular weight is 264 g/mol. The molecule has 0 aliphatic carbocycles. The van der Waals surface area contributed by atoms with E-state index in [0.717, 1.165) is 50.3 Å². The number of hydrogen-bond donors (Lipinski definition) is 1. The number of aliphatic hydroxyl groups excluding tert-OH is 1. The molecule has 2 unspecified atom stereocenters. The van der Waals surface area contributed by atoms with Crippen molar-refractivity contribution in [2.24, 2.45) is 0 Å². The lowest BCUT2D eigenvalue weighted by molar-refractivity contribution is 0.0439. The maximum absolute atomic E-state index is 9.64. The second-order valence-corrected chi connectivity index (χ2v) is 5.20. The van der Waals surface area contributed by atoms with Crippen molar-refractivity contribution in [1.82, 2.24) is 4.98 Å². The highest BCUT2D eigenvalue weighted by atomic mass is 16.5. The van der Waals surface area contributed by atoms with Gasteiger partial charge in [0, 0.05) is 25.9 Å². The number of ether oxygens (including phenoxy) is 1. The standard InChI is InChI=1S/C15H24N2O2/c1-3-9-19-14-5-4-8-17(11-14)15-10-13(12(2)18)6-7-16-15/h6-7,10,12,14,18H,3-5,8-9,11H2,1-2H3. The Labute approximate surface area is 115 Å². The minimum atomic E-state index is -0.446. The Bertz CT molecular complexity index is 395. The molecule has 1 aliphatic heterocycles. The van der Waals surface area contributed by atoms with E-state index < -0.39 is 6.10 Å². The Hall–Kier alpha value is -1.13. The molecule has 1 N–H and O–H groups in total. The van der Waals surface area contributed by atoms with Gasteiger partial charge in [-0.1, -0.05) is 6.92 Å². The van der Waals surface area contributed by atoms with Crippen LogP contribution in [0.2, 0.25) is 0 Å². The van der Waals surface area contributed by atoms with Crippen molar-refractivity contribution in [3.8, 4) is 0 Å². The molecular weight excluding hydrogens is 240 g/mol. The lowest BCUT2D eigenvalue weighted by Gasteiger charge is -2.33. The minimum absolute atomic E-state index is 0.311. The molecule has 1 fully saturated rings. The molecule has 19 heavy (non-hydrogen) atoms. The van der Waals surface area contributed by atoms with Crippen molar-refractivity contribution in [3.63, 3.8) is 0 Å². The van der Waals surface area contributed by atoms with Crippen molar-refractivity contribution >= 4 is 5.82 Å². The summed E-state index contributed by atoms with van der Waals surface area (Å²) in [7, 11) is 0. The monoisotopic (exact) mass is 264 g/mol. The van der Waals surface area contributed by atoms with Crippen molar-refractivity contribution in [3.05, 3.63) is 23.9 Å². The van der Waals surface area contributed by atoms with E-state index in [1.807, 2.05) is 12.1 Å². The number of rotatable bonds is 5. The third kappa shape index (κ3) is 3.91. The van der Waals surface area contributed by atoms with E-state index in [4.69, 9.17) is 4.74 Å². The fourth-order valence-electron chi connectivity index (χ4n) is 2.43. The van der Waals surface area contributed by atoms with Crippen LogP contribution in [0, 0.1) is 0 Å². The molecule has 4 heteroatoms. The fourth-order valence-corrected chi connectivity index (χ4v) is 2.43. The fraction of sp³-hybridized carbons (Fsp3) is 0.667. The Morgan fingerprint density at radius 1 is 1.58 bits per heavy atom. The van der Waals surface area contributed by atoms with E-state index in [0.29, 0.717) is 6.10 Å². The second-order valence-electron chi connectivity index (χ2n) is 5.20. The van der Waals surface area contributed by atoms with Gasteiger partial charge in [0.1, 0.15) is 5.82 Å². The van der Waals surface area contributed by atoms with Crippen molar-refractivity contribution in [2.75, 3.05) is 24.6 Å². The highest BCUT2D eigenvalue weighted by Gasteiger charge is 2.21. The Morgan fingerprint density at radius 2 is 2.42 bits per heavy atom.